The van der Waals surface area contributed by atoms with Crippen molar-refractivity contribution < 1.29 is 4.79 Å². The lowest BCUT2D eigenvalue weighted by molar-refractivity contribution is 0.0684. The fourth-order valence-electron chi connectivity index (χ4n) is 4.14. The largest absolute Gasteiger partial charge is 0.334 e. The van der Waals surface area contributed by atoms with Crippen molar-refractivity contribution in [2.75, 3.05) is 13.1 Å². The zero-order chi connectivity index (χ0) is 17.3. The molecule has 0 aromatic carbocycles. The molecule has 2 fully saturated rings. The van der Waals surface area contributed by atoms with Crippen molar-refractivity contribution in [3.05, 3.63) is 48.3 Å². The lowest BCUT2D eigenvalue weighted by Gasteiger charge is -2.29. The summed E-state index contributed by atoms with van der Waals surface area (Å²) >= 11 is 0. The first-order valence-electron chi connectivity index (χ1n) is 9.15. The second kappa shape index (κ2) is 6.59. The van der Waals surface area contributed by atoms with E-state index in [0.717, 1.165) is 44.7 Å². The highest BCUT2D eigenvalue weighted by atomic mass is 16.2. The molecule has 0 bridgehead atoms. The van der Waals surface area contributed by atoms with E-state index < -0.39 is 0 Å². The Kier molecular flexibility index (Phi) is 4.29. The second-order valence-electron chi connectivity index (χ2n) is 7.14. The highest BCUT2D eigenvalue weighted by Crippen LogP contribution is 2.56. The third kappa shape index (κ3) is 3.06. The average molecular weight is 339 g/mol. The summed E-state index contributed by atoms with van der Waals surface area (Å²) in [7, 11) is 0. The van der Waals surface area contributed by atoms with Gasteiger partial charge in [-0.3, -0.25) is 9.78 Å². The van der Waals surface area contributed by atoms with Crippen LogP contribution < -0.4 is 5.32 Å². The highest BCUT2D eigenvalue weighted by Gasteiger charge is 2.57. The van der Waals surface area contributed by atoms with Gasteiger partial charge in [-0.05, 0) is 56.8 Å². The molecule has 1 saturated heterocycles. The number of aryl methyl sites for hydroxylation is 1. The molecule has 1 aliphatic carbocycles. The van der Waals surface area contributed by atoms with Crippen molar-refractivity contribution in [1.82, 2.24) is 24.8 Å². The second-order valence-corrected chi connectivity index (χ2v) is 7.14. The number of carbonyl (C=O) groups is 1. The molecule has 1 aliphatic heterocycles. The third-order valence-corrected chi connectivity index (χ3v) is 5.75. The summed E-state index contributed by atoms with van der Waals surface area (Å²) in [5.74, 6) is 1.02. The SMILES string of the molecule is CCn1ccnc1CN(C(=O)c1cccnc1)C1CC12CCNCC2. The summed E-state index contributed by atoms with van der Waals surface area (Å²) < 4.78 is 2.11. The van der Waals surface area contributed by atoms with Crippen LogP contribution in [0.1, 0.15) is 42.4 Å². The van der Waals surface area contributed by atoms with Gasteiger partial charge in [0.1, 0.15) is 5.82 Å². The van der Waals surface area contributed by atoms with Gasteiger partial charge in [0.05, 0.1) is 12.1 Å². The molecule has 1 spiro atoms. The van der Waals surface area contributed by atoms with Gasteiger partial charge in [-0.25, -0.2) is 4.98 Å². The average Bonchev–Trinajstić information content (AvgIpc) is 3.14. The zero-order valence-electron chi connectivity index (χ0n) is 14.7. The fourth-order valence-corrected chi connectivity index (χ4v) is 4.14. The maximum atomic E-state index is 13.2. The normalized spacial score (nSPS) is 21.2. The van der Waals surface area contributed by atoms with Gasteiger partial charge in [0, 0.05) is 37.4 Å². The van der Waals surface area contributed by atoms with Crippen molar-refractivity contribution in [3.8, 4) is 0 Å². The van der Waals surface area contributed by atoms with E-state index >= 15 is 0 Å². The Morgan fingerprint density at radius 2 is 2.24 bits per heavy atom. The van der Waals surface area contributed by atoms with E-state index in [2.05, 4.69) is 26.8 Å². The standard InChI is InChI=1S/C19H25N5O/c1-2-23-11-10-22-17(23)14-24(18(25)15-4-3-7-21-13-15)16-12-19(16)5-8-20-9-6-19/h3-4,7,10-11,13,16,20H,2,5-6,8-9,12,14H2,1H3. The number of piperidine rings is 1. The first kappa shape index (κ1) is 16.3. The summed E-state index contributed by atoms with van der Waals surface area (Å²) in [6.07, 6.45) is 10.6. The van der Waals surface area contributed by atoms with Crippen LogP contribution in [0.2, 0.25) is 0 Å². The summed E-state index contributed by atoms with van der Waals surface area (Å²) in [6, 6.07) is 3.99. The minimum absolute atomic E-state index is 0.0687. The van der Waals surface area contributed by atoms with Gasteiger partial charge in [0.2, 0.25) is 0 Å². The van der Waals surface area contributed by atoms with E-state index in [1.165, 1.54) is 0 Å². The first-order valence-corrected chi connectivity index (χ1v) is 9.15. The predicted octanol–water partition coefficient (Wildman–Crippen LogP) is 2.08. The minimum atomic E-state index is 0.0687. The molecule has 1 saturated carbocycles. The minimum Gasteiger partial charge on any atom is -0.334 e. The molecular weight excluding hydrogens is 314 g/mol. The molecule has 2 aromatic heterocycles. The van der Waals surface area contributed by atoms with Crippen LogP contribution in [0, 0.1) is 5.41 Å². The van der Waals surface area contributed by atoms with Crippen LogP contribution in [0.15, 0.2) is 36.9 Å². The number of aromatic nitrogens is 3. The molecule has 2 aliphatic rings. The van der Waals surface area contributed by atoms with Crippen LogP contribution in [0.5, 0.6) is 0 Å². The maximum Gasteiger partial charge on any atom is 0.256 e. The number of nitrogens with one attached hydrogen (secondary N) is 1. The van der Waals surface area contributed by atoms with Gasteiger partial charge in [0.15, 0.2) is 0 Å². The van der Waals surface area contributed by atoms with Gasteiger partial charge in [-0.2, -0.15) is 0 Å². The van der Waals surface area contributed by atoms with Gasteiger partial charge in [0.25, 0.3) is 5.91 Å². The number of carbonyl (C=O) groups excluding carboxylic acids is 1. The Bertz CT molecular complexity index is 735. The molecule has 0 radical (unpaired) electrons. The Labute approximate surface area is 148 Å². The van der Waals surface area contributed by atoms with Gasteiger partial charge < -0.3 is 14.8 Å². The van der Waals surface area contributed by atoms with Crippen molar-refractivity contribution >= 4 is 5.91 Å². The van der Waals surface area contributed by atoms with E-state index in [4.69, 9.17) is 0 Å². The number of rotatable bonds is 5. The van der Waals surface area contributed by atoms with Crippen molar-refractivity contribution in [2.24, 2.45) is 5.41 Å². The molecule has 25 heavy (non-hydrogen) atoms. The molecule has 3 heterocycles. The van der Waals surface area contributed by atoms with Crippen LogP contribution in [-0.4, -0.2) is 44.5 Å². The Morgan fingerprint density at radius 1 is 1.40 bits per heavy atom. The number of pyridine rings is 1. The summed E-state index contributed by atoms with van der Waals surface area (Å²) in [5, 5.41) is 3.43. The number of imidazole rings is 1. The maximum absolute atomic E-state index is 13.2. The van der Waals surface area contributed by atoms with E-state index in [0.29, 0.717) is 23.6 Å². The summed E-state index contributed by atoms with van der Waals surface area (Å²) in [6.45, 7) is 5.63. The van der Waals surface area contributed by atoms with Crippen molar-refractivity contribution in [1.29, 1.82) is 0 Å². The Morgan fingerprint density at radius 3 is 2.96 bits per heavy atom. The number of amides is 1. The third-order valence-electron chi connectivity index (χ3n) is 5.75. The van der Waals surface area contributed by atoms with E-state index in [1.807, 2.05) is 29.4 Å². The van der Waals surface area contributed by atoms with E-state index in [1.54, 1.807) is 12.4 Å². The zero-order valence-corrected chi connectivity index (χ0v) is 14.7. The van der Waals surface area contributed by atoms with Crippen LogP contribution >= 0.6 is 0 Å². The van der Waals surface area contributed by atoms with Gasteiger partial charge in [-0.1, -0.05) is 0 Å². The topological polar surface area (TPSA) is 63.1 Å². The smallest absolute Gasteiger partial charge is 0.256 e. The number of hydrogen-bond donors (Lipinski definition) is 1. The molecule has 6 heteroatoms. The lowest BCUT2D eigenvalue weighted by Crippen LogP contribution is -2.39. The van der Waals surface area contributed by atoms with E-state index in [-0.39, 0.29) is 5.91 Å². The Balaban J connectivity index is 1.61. The number of hydrogen-bond acceptors (Lipinski definition) is 4. The first-order chi connectivity index (χ1) is 12.2. The monoisotopic (exact) mass is 339 g/mol. The highest BCUT2D eigenvalue weighted by molar-refractivity contribution is 5.94. The van der Waals surface area contributed by atoms with Crippen molar-refractivity contribution in [2.45, 2.75) is 45.3 Å². The molecule has 132 valence electrons. The molecule has 2 aromatic rings. The van der Waals surface area contributed by atoms with E-state index in [9.17, 15) is 4.79 Å². The fraction of sp³-hybridized carbons (Fsp3) is 0.526. The molecule has 4 rings (SSSR count). The predicted molar refractivity (Wildman–Crippen MR) is 95.0 cm³/mol. The molecule has 6 nitrogen and oxygen atoms in total. The molecule has 1 N–H and O–H groups in total. The van der Waals surface area contributed by atoms with Gasteiger partial charge in [-0.15, -0.1) is 0 Å². The summed E-state index contributed by atoms with van der Waals surface area (Å²) in [5.41, 5.74) is 0.959. The molecule has 1 amide bonds. The van der Waals surface area contributed by atoms with Crippen LogP contribution in [0.25, 0.3) is 0 Å². The van der Waals surface area contributed by atoms with Crippen molar-refractivity contribution in [3.63, 3.8) is 0 Å². The number of nitrogens with zero attached hydrogens (tertiary/aromatic N) is 4. The molecule has 1 unspecified atom stereocenters. The summed E-state index contributed by atoms with van der Waals surface area (Å²) in [4.78, 5) is 23.9. The van der Waals surface area contributed by atoms with Gasteiger partial charge >= 0.3 is 0 Å². The lowest BCUT2D eigenvalue weighted by atomic mass is 9.93. The molecule has 1 atom stereocenters. The van der Waals surface area contributed by atoms with Crippen LogP contribution in [0.3, 0.4) is 0 Å². The Hall–Kier alpha value is -2.21. The molecular formula is C19H25N5O. The van der Waals surface area contributed by atoms with Crippen LogP contribution in [-0.2, 0) is 13.1 Å². The quantitative estimate of drug-likeness (QED) is 0.906. The van der Waals surface area contributed by atoms with Crippen LogP contribution in [0.4, 0.5) is 0 Å².